The highest BCUT2D eigenvalue weighted by Crippen LogP contribution is 2.35. The third-order valence-corrected chi connectivity index (χ3v) is 5.90. The minimum atomic E-state index is -0.170. The fourth-order valence-corrected chi connectivity index (χ4v) is 3.96. The lowest BCUT2D eigenvalue weighted by atomic mass is 9.89. The van der Waals surface area contributed by atoms with E-state index in [1.54, 1.807) is 36.7 Å². The van der Waals surface area contributed by atoms with Gasteiger partial charge in [-0.05, 0) is 25.5 Å². The van der Waals surface area contributed by atoms with Crippen LogP contribution in [-0.2, 0) is 0 Å². The minimum absolute atomic E-state index is 0.170. The van der Waals surface area contributed by atoms with E-state index in [-0.39, 0.29) is 11.6 Å². The first kappa shape index (κ1) is 20.9. The van der Waals surface area contributed by atoms with E-state index in [1.165, 1.54) is 0 Å². The van der Waals surface area contributed by atoms with Gasteiger partial charge in [0.15, 0.2) is 11.6 Å². The Kier molecular flexibility index (Phi) is 5.92. The molecule has 0 atom stereocenters. The van der Waals surface area contributed by atoms with E-state index < -0.39 is 0 Å². The summed E-state index contributed by atoms with van der Waals surface area (Å²) in [6, 6.07) is 22.4. The molecule has 0 saturated heterocycles. The Hall–Kier alpha value is -3.37. The van der Waals surface area contributed by atoms with Gasteiger partial charge >= 0.3 is 0 Å². The molecule has 4 heteroatoms. The summed E-state index contributed by atoms with van der Waals surface area (Å²) in [6.45, 7) is 3.95. The van der Waals surface area contributed by atoms with Crippen LogP contribution in [0.15, 0.2) is 89.7 Å². The average molecular weight is 470 g/mol. The maximum atomic E-state index is 13.5. The van der Waals surface area contributed by atoms with Crippen molar-refractivity contribution in [3.63, 3.8) is 0 Å². The summed E-state index contributed by atoms with van der Waals surface area (Å²) in [7, 11) is 0. The molecule has 3 aromatic carbocycles. The van der Waals surface area contributed by atoms with E-state index in [4.69, 9.17) is 0 Å². The number of benzene rings is 3. The van der Waals surface area contributed by atoms with Crippen molar-refractivity contribution in [1.82, 2.24) is 4.98 Å². The summed E-state index contributed by atoms with van der Waals surface area (Å²) in [5.41, 5.74) is 5.41. The molecule has 4 rings (SSSR count). The second kappa shape index (κ2) is 8.78. The fourth-order valence-electron chi connectivity index (χ4n) is 3.48. The van der Waals surface area contributed by atoms with Crippen LogP contribution in [0.3, 0.4) is 0 Å². The molecule has 0 fully saturated rings. The molecule has 1 aromatic heterocycles. The van der Waals surface area contributed by atoms with Gasteiger partial charge in [-0.3, -0.25) is 14.6 Å². The molecule has 0 aliphatic rings. The van der Waals surface area contributed by atoms with Gasteiger partial charge in [0.1, 0.15) is 0 Å². The van der Waals surface area contributed by atoms with E-state index >= 15 is 0 Å². The highest BCUT2D eigenvalue weighted by atomic mass is 79.9. The number of ketones is 2. The zero-order valence-electron chi connectivity index (χ0n) is 17.2. The second-order valence-electron chi connectivity index (χ2n) is 7.48. The van der Waals surface area contributed by atoms with Crippen molar-refractivity contribution in [3.05, 3.63) is 123 Å². The van der Waals surface area contributed by atoms with Crippen molar-refractivity contribution in [2.75, 3.05) is 0 Å². The Labute approximate surface area is 189 Å². The molecule has 3 nitrogen and oxygen atoms in total. The van der Waals surface area contributed by atoms with Crippen molar-refractivity contribution in [2.45, 2.75) is 13.8 Å². The average Bonchev–Trinajstić information content (AvgIpc) is 2.79. The van der Waals surface area contributed by atoms with Crippen LogP contribution in [-0.4, -0.2) is 16.6 Å². The van der Waals surface area contributed by atoms with Gasteiger partial charge in [0.2, 0.25) is 0 Å². The molecule has 152 valence electrons. The summed E-state index contributed by atoms with van der Waals surface area (Å²) in [5.74, 6) is -0.339. The zero-order valence-corrected chi connectivity index (χ0v) is 18.8. The zero-order chi connectivity index (χ0) is 22.0. The van der Waals surface area contributed by atoms with Crippen LogP contribution in [0, 0.1) is 13.8 Å². The molecule has 0 radical (unpaired) electrons. The number of pyridine rings is 1. The minimum Gasteiger partial charge on any atom is -0.289 e. The first-order valence-corrected chi connectivity index (χ1v) is 10.7. The van der Waals surface area contributed by atoms with E-state index in [0.29, 0.717) is 27.8 Å². The highest BCUT2D eigenvalue weighted by molar-refractivity contribution is 9.10. The van der Waals surface area contributed by atoms with Crippen LogP contribution in [0.2, 0.25) is 0 Å². The molecule has 0 N–H and O–H groups in total. The molecule has 0 amide bonds. The standard InChI is InChI=1S/C27H20BrNO2/c1-17-7-11-19(12-8-17)26(30)22-15-29-16-23(25(22)21-5-3-4-6-24(21)28)27(31)20-13-9-18(2)10-14-20/h3-16H,1-2H3. The molecule has 0 spiro atoms. The van der Waals surface area contributed by atoms with Gasteiger partial charge in [-0.1, -0.05) is 93.8 Å². The SMILES string of the molecule is Cc1ccc(C(=O)c2cncc(C(=O)c3ccc(C)cc3)c2-c2ccccc2Br)cc1. The van der Waals surface area contributed by atoms with Crippen LogP contribution in [0.5, 0.6) is 0 Å². The molecular weight excluding hydrogens is 450 g/mol. The molecule has 0 saturated carbocycles. The van der Waals surface area contributed by atoms with E-state index in [9.17, 15) is 9.59 Å². The molecule has 0 aliphatic heterocycles. The number of nitrogens with zero attached hydrogens (tertiary/aromatic N) is 1. The lowest BCUT2D eigenvalue weighted by Crippen LogP contribution is -2.11. The number of rotatable bonds is 5. The van der Waals surface area contributed by atoms with Gasteiger partial charge in [0, 0.05) is 44.7 Å². The first-order chi connectivity index (χ1) is 15.0. The number of aromatic nitrogens is 1. The smallest absolute Gasteiger partial charge is 0.195 e. The molecule has 31 heavy (non-hydrogen) atoms. The third kappa shape index (κ3) is 4.25. The van der Waals surface area contributed by atoms with Gasteiger partial charge in [-0.25, -0.2) is 0 Å². The van der Waals surface area contributed by atoms with Crippen molar-refractivity contribution in [1.29, 1.82) is 0 Å². The van der Waals surface area contributed by atoms with Gasteiger partial charge in [-0.2, -0.15) is 0 Å². The Morgan fingerprint density at radius 3 is 1.58 bits per heavy atom. The van der Waals surface area contributed by atoms with Gasteiger partial charge < -0.3 is 0 Å². The van der Waals surface area contributed by atoms with E-state index in [1.807, 2.05) is 62.4 Å². The van der Waals surface area contributed by atoms with Crippen molar-refractivity contribution in [2.24, 2.45) is 0 Å². The molecule has 1 heterocycles. The van der Waals surface area contributed by atoms with Gasteiger partial charge in [-0.15, -0.1) is 0 Å². The lowest BCUT2D eigenvalue weighted by Gasteiger charge is -2.15. The van der Waals surface area contributed by atoms with Crippen molar-refractivity contribution < 1.29 is 9.59 Å². The third-order valence-electron chi connectivity index (χ3n) is 5.21. The van der Waals surface area contributed by atoms with E-state index in [2.05, 4.69) is 20.9 Å². The highest BCUT2D eigenvalue weighted by Gasteiger charge is 2.24. The summed E-state index contributed by atoms with van der Waals surface area (Å²) in [6.07, 6.45) is 3.09. The predicted molar refractivity (Wildman–Crippen MR) is 127 cm³/mol. The van der Waals surface area contributed by atoms with Crippen LogP contribution >= 0.6 is 15.9 Å². The number of carbonyl (C=O) groups excluding carboxylic acids is 2. The number of hydrogen-bond donors (Lipinski definition) is 0. The maximum absolute atomic E-state index is 13.5. The molecular formula is C27H20BrNO2. The largest absolute Gasteiger partial charge is 0.289 e. The van der Waals surface area contributed by atoms with Crippen LogP contribution < -0.4 is 0 Å². The molecule has 0 aliphatic carbocycles. The summed E-state index contributed by atoms with van der Waals surface area (Å²) in [5, 5.41) is 0. The van der Waals surface area contributed by atoms with Crippen molar-refractivity contribution in [3.8, 4) is 11.1 Å². The monoisotopic (exact) mass is 469 g/mol. The normalized spacial score (nSPS) is 10.7. The van der Waals surface area contributed by atoms with E-state index in [0.717, 1.165) is 21.2 Å². The summed E-state index contributed by atoms with van der Waals surface area (Å²) >= 11 is 3.59. The topological polar surface area (TPSA) is 47.0 Å². The lowest BCUT2D eigenvalue weighted by molar-refractivity contribution is 0.103. The van der Waals surface area contributed by atoms with Crippen LogP contribution in [0.4, 0.5) is 0 Å². The summed E-state index contributed by atoms with van der Waals surface area (Å²) < 4.78 is 0.803. The molecule has 4 aromatic rings. The number of hydrogen-bond acceptors (Lipinski definition) is 3. The molecule has 0 bridgehead atoms. The van der Waals surface area contributed by atoms with Crippen LogP contribution in [0.25, 0.3) is 11.1 Å². The fraction of sp³-hybridized carbons (Fsp3) is 0.0741. The number of halogens is 1. The Morgan fingerprint density at radius 2 is 1.13 bits per heavy atom. The van der Waals surface area contributed by atoms with Gasteiger partial charge in [0.05, 0.1) is 0 Å². The Bertz CT molecular complexity index is 1200. The Balaban J connectivity index is 1.94. The van der Waals surface area contributed by atoms with Crippen molar-refractivity contribution >= 4 is 27.5 Å². The Morgan fingerprint density at radius 1 is 0.677 bits per heavy atom. The predicted octanol–water partition coefficient (Wildman–Crippen LogP) is 6.59. The van der Waals surface area contributed by atoms with Gasteiger partial charge in [0.25, 0.3) is 0 Å². The maximum Gasteiger partial charge on any atom is 0.195 e. The number of carbonyl (C=O) groups is 2. The van der Waals surface area contributed by atoms with Crippen LogP contribution in [0.1, 0.15) is 43.0 Å². The first-order valence-electron chi connectivity index (χ1n) is 9.91. The summed E-state index contributed by atoms with van der Waals surface area (Å²) in [4.78, 5) is 31.2. The molecule has 0 unspecified atom stereocenters. The second-order valence-corrected chi connectivity index (χ2v) is 8.33. The number of aryl methyl sites for hydroxylation is 2. The quantitative estimate of drug-likeness (QED) is 0.309.